The highest BCUT2D eigenvalue weighted by molar-refractivity contribution is 5.84. The molecule has 1 fully saturated rings. The molecule has 1 aromatic carbocycles. The number of rotatable bonds is 5. The number of pyridine rings is 1. The lowest BCUT2D eigenvalue weighted by atomic mass is 10.1. The molecule has 7 heteroatoms. The summed E-state index contributed by atoms with van der Waals surface area (Å²) in [6.07, 6.45) is 5.45. The van der Waals surface area contributed by atoms with E-state index in [9.17, 15) is 4.79 Å². The van der Waals surface area contributed by atoms with E-state index in [0.29, 0.717) is 18.5 Å². The summed E-state index contributed by atoms with van der Waals surface area (Å²) in [6, 6.07) is 13.9. The summed E-state index contributed by atoms with van der Waals surface area (Å²) < 4.78 is 7.13. The van der Waals surface area contributed by atoms with Gasteiger partial charge < -0.3 is 19.6 Å². The van der Waals surface area contributed by atoms with Crippen LogP contribution in [0.2, 0.25) is 0 Å². The normalized spacial score (nSPS) is 14.7. The first kappa shape index (κ1) is 19.5. The zero-order valence-corrected chi connectivity index (χ0v) is 17.5. The van der Waals surface area contributed by atoms with E-state index in [2.05, 4.69) is 32.4 Å². The number of aromatic nitrogens is 4. The lowest BCUT2D eigenvalue weighted by Gasteiger charge is -2.23. The van der Waals surface area contributed by atoms with Gasteiger partial charge in [-0.3, -0.25) is 4.79 Å². The quantitative estimate of drug-likeness (QED) is 0.519. The van der Waals surface area contributed by atoms with Gasteiger partial charge in [-0.25, -0.2) is 9.97 Å². The largest absolute Gasteiger partial charge is 0.381 e. The Morgan fingerprint density at radius 2 is 2.03 bits per heavy atom. The van der Waals surface area contributed by atoms with Crippen LogP contribution in [0.15, 0.2) is 59.7 Å². The molecule has 0 radical (unpaired) electrons. The molecule has 0 aliphatic carbocycles. The minimum absolute atomic E-state index is 0.0558. The van der Waals surface area contributed by atoms with Crippen molar-refractivity contribution >= 4 is 16.9 Å². The van der Waals surface area contributed by atoms with Crippen molar-refractivity contribution in [1.29, 1.82) is 0 Å². The molecule has 1 aliphatic heterocycles. The van der Waals surface area contributed by atoms with E-state index in [1.807, 2.05) is 37.4 Å². The molecule has 0 atom stereocenters. The number of para-hydroxylation sites is 1. The first-order chi connectivity index (χ1) is 15.2. The average Bonchev–Trinajstić information content (AvgIpc) is 3.11. The molecule has 7 nitrogen and oxygen atoms in total. The maximum absolute atomic E-state index is 12.9. The first-order valence-corrected chi connectivity index (χ1v) is 10.6. The highest BCUT2D eigenvalue weighted by Crippen LogP contribution is 2.23. The Hall–Kier alpha value is -3.45. The number of nitrogens with one attached hydrogen (secondary N) is 2. The third kappa shape index (κ3) is 4.09. The molecule has 0 amide bonds. The van der Waals surface area contributed by atoms with Crippen LogP contribution in [0.5, 0.6) is 0 Å². The number of anilines is 1. The number of nitrogens with zero attached hydrogens (tertiary/aromatic N) is 3. The predicted molar refractivity (Wildman–Crippen MR) is 121 cm³/mol. The van der Waals surface area contributed by atoms with Crippen molar-refractivity contribution in [3.05, 3.63) is 76.5 Å². The number of hydrogen-bond acceptors (Lipinski definition) is 5. The molecule has 2 N–H and O–H groups in total. The SMILES string of the molecule is Cc1[nH]c2ccccc2c1Cn1ccc(-c2ccnc(NC3CCOCC3)n2)cc1=O. The van der Waals surface area contributed by atoms with Gasteiger partial charge in [0.1, 0.15) is 0 Å². The summed E-state index contributed by atoms with van der Waals surface area (Å²) in [4.78, 5) is 25.2. The molecule has 31 heavy (non-hydrogen) atoms. The standard InChI is InChI=1S/C24H25N5O2/c1-16-20(19-4-2-3-5-22(19)26-16)15-29-11-7-17(14-23(29)30)21-6-10-25-24(28-21)27-18-8-12-31-13-9-18/h2-7,10-11,14,18,26H,8-9,12-13,15H2,1H3,(H,25,27,28). The van der Waals surface area contributed by atoms with Gasteiger partial charge in [0.25, 0.3) is 5.56 Å². The third-order valence-electron chi connectivity index (χ3n) is 5.86. The van der Waals surface area contributed by atoms with E-state index >= 15 is 0 Å². The minimum Gasteiger partial charge on any atom is -0.381 e. The second-order valence-electron chi connectivity index (χ2n) is 7.95. The van der Waals surface area contributed by atoms with Gasteiger partial charge >= 0.3 is 0 Å². The molecule has 1 saturated heterocycles. The van der Waals surface area contributed by atoms with Crippen molar-refractivity contribution in [2.24, 2.45) is 0 Å². The molecule has 0 unspecified atom stereocenters. The van der Waals surface area contributed by atoms with Gasteiger partial charge in [0, 0.05) is 65.4 Å². The fraction of sp³-hybridized carbons (Fsp3) is 0.292. The Bertz CT molecular complexity index is 1270. The Balaban J connectivity index is 1.39. The predicted octanol–water partition coefficient (Wildman–Crippen LogP) is 3.73. The number of ether oxygens (including phenoxy) is 1. The minimum atomic E-state index is -0.0558. The highest BCUT2D eigenvalue weighted by Gasteiger charge is 2.15. The molecular formula is C24H25N5O2. The van der Waals surface area contributed by atoms with Crippen molar-refractivity contribution in [2.75, 3.05) is 18.5 Å². The molecule has 5 rings (SSSR count). The van der Waals surface area contributed by atoms with Crippen LogP contribution in [-0.4, -0.2) is 38.8 Å². The number of hydrogen-bond donors (Lipinski definition) is 2. The molecule has 0 bridgehead atoms. The highest BCUT2D eigenvalue weighted by atomic mass is 16.5. The summed E-state index contributed by atoms with van der Waals surface area (Å²) in [6.45, 7) is 4.08. The Morgan fingerprint density at radius 1 is 1.19 bits per heavy atom. The van der Waals surface area contributed by atoms with Gasteiger partial charge in [0.2, 0.25) is 5.95 Å². The fourth-order valence-corrected chi connectivity index (χ4v) is 4.12. The van der Waals surface area contributed by atoms with E-state index in [4.69, 9.17) is 4.74 Å². The van der Waals surface area contributed by atoms with Crippen molar-refractivity contribution < 1.29 is 4.74 Å². The second kappa shape index (κ2) is 8.35. The zero-order valence-electron chi connectivity index (χ0n) is 17.5. The second-order valence-corrected chi connectivity index (χ2v) is 7.95. The first-order valence-electron chi connectivity index (χ1n) is 10.6. The molecule has 158 valence electrons. The molecule has 1 aliphatic rings. The maximum Gasteiger partial charge on any atom is 0.251 e. The van der Waals surface area contributed by atoms with Gasteiger partial charge in [-0.15, -0.1) is 0 Å². The van der Waals surface area contributed by atoms with Gasteiger partial charge in [0.15, 0.2) is 0 Å². The third-order valence-corrected chi connectivity index (χ3v) is 5.86. The van der Waals surface area contributed by atoms with Gasteiger partial charge in [-0.05, 0) is 38.0 Å². The summed E-state index contributed by atoms with van der Waals surface area (Å²) in [7, 11) is 0. The van der Waals surface area contributed by atoms with Gasteiger partial charge in [0.05, 0.1) is 12.2 Å². The summed E-state index contributed by atoms with van der Waals surface area (Å²) in [5.41, 5.74) is 4.77. The molecule has 0 spiro atoms. The van der Waals surface area contributed by atoms with Crippen LogP contribution >= 0.6 is 0 Å². The number of aryl methyl sites for hydroxylation is 1. The van der Waals surface area contributed by atoms with Crippen LogP contribution in [0.4, 0.5) is 5.95 Å². The number of aromatic amines is 1. The smallest absolute Gasteiger partial charge is 0.251 e. The lowest BCUT2D eigenvalue weighted by molar-refractivity contribution is 0.0903. The number of H-pyrrole nitrogens is 1. The fourth-order valence-electron chi connectivity index (χ4n) is 4.12. The Kier molecular flexibility index (Phi) is 5.26. The zero-order chi connectivity index (χ0) is 21.2. The van der Waals surface area contributed by atoms with E-state index in [-0.39, 0.29) is 5.56 Å². The molecule has 4 heterocycles. The Labute approximate surface area is 180 Å². The topological polar surface area (TPSA) is 84.8 Å². The summed E-state index contributed by atoms with van der Waals surface area (Å²) in [5.74, 6) is 0.586. The van der Waals surface area contributed by atoms with Crippen molar-refractivity contribution in [1.82, 2.24) is 19.5 Å². The van der Waals surface area contributed by atoms with Crippen LogP contribution in [0, 0.1) is 6.92 Å². The van der Waals surface area contributed by atoms with Gasteiger partial charge in [-0.2, -0.15) is 0 Å². The van der Waals surface area contributed by atoms with Crippen LogP contribution in [0.3, 0.4) is 0 Å². The van der Waals surface area contributed by atoms with E-state index < -0.39 is 0 Å². The molecule has 4 aromatic rings. The van der Waals surface area contributed by atoms with Crippen LogP contribution in [-0.2, 0) is 11.3 Å². The van der Waals surface area contributed by atoms with Crippen LogP contribution < -0.4 is 10.9 Å². The van der Waals surface area contributed by atoms with E-state index in [1.165, 1.54) is 0 Å². The number of fused-ring (bicyclic) bond motifs is 1. The van der Waals surface area contributed by atoms with E-state index in [1.54, 1.807) is 16.8 Å². The van der Waals surface area contributed by atoms with Crippen molar-refractivity contribution in [3.63, 3.8) is 0 Å². The molecular weight excluding hydrogens is 390 g/mol. The average molecular weight is 415 g/mol. The molecule has 0 saturated carbocycles. The van der Waals surface area contributed by atoms with Crippen molar-refractivity contribution in [2.45, 2.75) is 32.4 Å². The monoisotopic (exact) mass is 415 g/mol. The van der Waals surface area contributed by atoms with E-state index in [0.717, 1.165) is 59.5 Å². The molecule has 3 aromatic heterocycles. The van der Waals surface area contributed by atoms with Crippen molar-refractivity contribution in [3.8, 4) is 11.3 Å². The summed E-state index contributed by atoms with van der Waals surface area (Å²) >= 11 is 0. The lowest BCUT2D eigenvalue weighted by Crippen LogP contribution is -2.28. The summed E-state index contributed by atoms with van der Waals surface area (Å²) in [5, 5.41) is 4.53. The number of benzene rings is 1. The van der Waals surface area contributed by atoms with Crippen LogP contribution in [0.1, 0.15) is 24.1 Å². The maximum atomic E-state index is 12.9. The van der Waals surface area contributed by atoms with Gasteiger partial charge in [-0.1, -0.05) is 18.2 Å². The Morgan fingerprint density at radius 3 is 2.87 bits per heavy atom. The van der Waals surface area contributed by atoms with Crippen LogP contribution in [0.25, 0.3) is 22.2 Å².